The Morgan fingerprint density at radius 1 is 1.26 bits per heavy atom. The number of benzene rings is 2. The van der Waals surface area contributed by atoms with Crippen LogP contribution in [-0.2, 0) is 0 Å². The molecule has 1 aliphatic carbocycles. The second-order valence-electron chi connectivity index (χ2n) is 6.73. The molecule has 6 nitrogen and oxygen atoms in total. The average Bonchev–Trinajstić information content (AvgIpc) is 3.45. The van der Waals surface area contributed by atoms with E-state index in [9.17, 15) is 9.18 Å². The van der Waals surface area contributed by atoms with Gasteiger partial charge in [-0.2, -0.15) is 0 Å². The smallest absolute Gasteiger partial charge is 0.274 e. The number of nitrogen functional groups attached to an aromatic ring is 1. The Bertz CT molecular complexity index is 1060. The van der Waals surface area contributed by atoms with Gasteiger partial charge in [0.15, 0.2) is 5.69 Å². The van der Waals surface area contributed by atoms with Crippen molar-refractivity contribution in [2.75, 3.05) is 12.8 Å². The van der Waals surface area contributed by atoms with E-state index in [4.69, 9.17) is 10.5 Å². The zero-order valence-electron chi connectivity index (χ0n) is 15.0. The molecule has 0 aliphatic heterocycles. The van der Waals surface area contributed by atoms with Crippen LogP contribution in [0, 0.1) is 12.7 Å². The minimum Gasteiger partial charge on any atom is -0.496 e. The summed E-state index contributed by atoms with van der Waals surface area (Å²) in [4.78, 5) is 12.3. The molecule has 0 spiro atoms. The monoisotopic (exact) mass is 366 g/mol. The molecule has 3 N–H and O–H groups in total. The largest absolute Gasteiger partial charge is 0.496 e. The molecule has 1 amide bonds. The van der Waals surface area contributed by atoms with Crippen LogP contribution in [0.2, 0.25) is 0 Å². The molecule has 2 aromatic carbocycles. The van der Waals surface area contributed by atoms with E-state index in [1.807, 2.05) is 19.1 Å². The van der Waals surface area contributed by atoms with Crippen LogP contribution in [0.15, 0.2) is 30.3 Å². The van der Waals surface area contributed by atoms with Crippen LogP contribution in [0.3, 0.4) is 0 Å². The number of nitrogens with one attached hydrogen (secondary N) is 1. The van der Waals surface area contributed by atoms with Gasteiger partial charge in [-0.05, 0) is 44.0 Å². The fourth-order valence-corrected chi connectivity index (χ4v) is 3.09. The van der Waals surface area contributed by atoms with Crippen molar-refractivity contribution in [2.45, 2.75) is 25.8 Å². The summed E-state index contributed by atoms with van der Waals surface area (Å²) in [5.41, 5.74) is 8.49. The minimum absolute atomic E-state index is 0.0585. The maximum atomic E-state index is 14.8. The van der Waals surface area contributed by atoms with Gasteiger partial charge in [-0.25, -0.2) is 4.39 Å². The molecule has 1 aromatic heterocycles. The van der Waals surface area contributed by atoms with Crippen molar-refractivity contribution in [1.29, 1.82) is 0 Å². The summed E-state index contributed by atoms with van der Waals surface area (Å²) in [6.45, 7) is 1.91. The number of rotatable bonds is 4. The molecule has 0 atom stereocenters. The third-order valence-electron chi connectivity index (χ3n) is 4.67. The Labute approximate surface area is 155 Å². The number of hydrogen-bond donors (Lipinski definition) is 2. The van der Waals surface area contributed by atoms with Gasteiger partial charge in [-0.15, -0.1) is 10.2 Å². The molecular formula is C20H19FN4O2. The van der Waals surface area contributed by atoms with Crippen molar-refractivity contribution < 1.29 is 13.9 Å². The molecule has 1 aliphatic rings. The number of amides is 1. The van der Waals surface area contributed by atoms with Gasteiger partial charge in [-0.1, -0.05) is 11.6 Å². The number of aromatic nitrogens is 2. The summed E-state index contributed by atoms with van der Waals surface area (Å²) in [5.74, 6) is -0.304. The highest BCUT2D eigenvalue weighted by molar-refractivity contribution is 6.08. The summed E-state index contributed by atoms with van der Waals surface area (Å²) >= 11 is 0. The van der Waals surface area contributed by atoms with E-state index in [-0.39, 0.29) is 28.9 Å². The quantitative estimate of drug-likeness (QED) is 0.740. The van der Waals surface area contributed by atoms with Crippen molar-refractivity contribution in [3.8, 4) is 16.9 Å². The van der Waals surface area contributed by atoms with E-state index in [0.717, 1.165) is 18.4 Å². The molecule has 7 heteroatoms. The van der Waals surface area contributed by atoms with Crippen molar-refractivity contribution in [3.63, 3.8) is 0 Å². The van der Waals surface area contributed by atoms with Gasteiger partial charge in [0.05, 0.1) is 12.8 Å². The lowest BCUT2D eigenvalue weighted by Crippen LogP contribution is -2.27. The Hall–Kier alpha value is -3.22. The molecule has 1 saturated carbocycles. The minimum atomic E-state index is -0.463. The molecule has 138 valence electrons. The number of halogens is 1. The number of ether oxygens (including phenoxy) is 1. The highest BCUT2D eigenvalue weighted by Crippen LogP contribution is 2.38. The number of carbonyl (C=O) groups excluding carboxylic acids is 1. The molecule has 4 rings (SSSR count). The molecule has 27 heavy (non-hydrogen) atoms. The van der Waals surface area contributed by atoms with Crippen molar-refractivity contribution in [2.24, 2.45) is 0 Å². The highest BCUT2D eigenvalue weighted by atomic mass is 19.1. The van der Waals surface area contributed by atoms with Crippen LogP contribution in [0.4, 0.5) is 10.1 Å². The number of nitrogens with two attached hydrogens (primary N) is 1. The summed E-state index contributed by atoms with van der Waals surface area (Å²) < 4.78 is 20.2. The predicted octanol–water partition coefficient (Wildman–Crippen LogP) is 3.23. The first-order valence-electron chi connectivity index (χ1n) is 8.70. The lowest BCUT2D eigenvalue weighted by Gasteiger charge is -2.14. The van der Waals surface area contributed by atoms with Crippen molar-refractivity contribution in [3.05, 3.63) is 47.4 Å². The fraction of sp³-hybridized carbons (Fsp3) is 0.250. The maximum absolute atomic E-state index is 14.8. The molecule has 0 unspecified atom stereocenters. The fourth-order valence-electron chi connectivity index (χ4n) is 3.09. The van der Waals surface area contributed by atoms with Crippen LogP contribution in [0.5, 0.6) is 5.75 Å². The van der Waals surface area contributed by atoms with E-state index in [1.54, 1.807) is 6.07 Å². The lowest BCUT2D eigenvalue weighted by molar-refractivity contribution is 0.0946. The van der Waals surface area contributed by atoms with Gasteiger partial charge in [0.1, 0.15) is 17.1 Å². The topological polar surface area (TPSA) is 90.1 Å². The average molecular weight is 366 g/mol. The van der Waals surface area contributed by atoms with E-state index in [2.05, 4.69) is 15.5 Å². The molecular weight excluding hydrogens is 347 g/mol. The van der Waals surface area contributed by atoms with Gasteiger partial charge in [0, 0.05) is 22.6 Å². The van der Waals surface area contributed by atoms with Crippen LogP contribution >= 0.6 is 0 Å². The van der Waals surface area contributed by atoms with Gasteiger partial charge in [0.25, 0.3) is 5.91 Å². The predicted molar refractivity (Wildman–Crippen MR) is 101 cm³/mol. The van der Waals surface area contributed by atoms with Gasteiger partial charge in [0.2, 0.25) is 0 Å². The van der Waals surface area contributed by atoms with Gasteiger partial charge >= 0.3 is 0 Å². The first kappa shape index (κ1) is 17.2. The summed E-state index contributed by atoms with van der Waals surface area (Å²) in [7, 11) is 1.53. The van der Waals surface area contributed by atoms with Crippen molar-refractivity contribution in [1.82, 2.24) is 15.5 Å². The zero-order chi connectivity index (χ0) is 19.1. The molecule has 1 heterocycles. The summed E-state index contributed by atoms with van der Waals surface area (Å²) in [5, 5.41) is 11.5. The molecule has 0 saturated heterocycles. The van der Waals surface area contributed by atoms with E-state index in [1.165, 1.54) is 19.2 Å². The third kappa shape index (κ3) is 3.05. The Morgan fingerprint density at radius 2 is 2.04 bits per heavy atom. The van der Waals surface area contributed by atoms with Gasteiger partial charge in [-0.3, -0.25) is 4.79 Å². The first-order valence-corrected chi connectivity index (χ1v) is 8.70. The zero-order valence-corrected chi connectivity index (χ0v) is 15.0. The Kier molecular flexibility index (Phi) is 4.14. The maximum Gasteiger partial charge on any atom is 0.274 e. The van der Waals surface area contributed by atoms with Crippen LogP contribution in [0.1, 0.15) is 28.9 Å². The van der Waals surface area contributed by atoms with E-state index >= 15 is 0 Å². The first-order chi connectivity index (χ1) is 13.0. The van der Waals surface area contributed by atoms with E-state index < -0.39 is 5.82 Å². The molecule has 3 aromatic rings. The number of hydrogen-bond acceptors (Lipinski definition) is 5. The summed E-state index contributed by atoms with van der Waals surface area (Å²) in [6.07, 6.45) is 1.91. The third-order valence-corrected chi connectivity index (χ3v) is 4.67. The summed E-state index contributed by atoms with van der Waals surface area (Å²) in [6, 6.07) is 8.49. The van der Waals surface area contributed by atoms with Crippen LogP contribution in [-0.4, -0.2) is 29.3 Å². The lowest BCUT2D eigenvalue weighted by atomic mass is 9.98. The molecule has 0 bridgehead atoms. The van der Waals surface area contributed by atoms with Crippen LogP contribution < -0.4 is 15.8 Å². The number of carbonyl (C=O) groups is 1. The SMILES string of the molecule is COc1ccc(C)cc1-c1c(F)ccc2c(N)c(C(=O)NC3CC3)nnc12. The van der Waals surface area contributed by atoms with Gasteiger partial charge < -0.3 is 15.8 Å². The highest BCUT2D eigenvalue weighted by Gasteiger charge is 2.27. The number of anilines is 1. The molecule has 0 radical (unpaired) electrons. The second kappa shape index (κ2) is 6.50. The van der Waals surface area contributed by atoms with Crippen LogP contribution in [0.25, 0.3) is 22.0 Å². The number of nitrogens with zero attached hydrogens (tertiary/aromatic N) is 2. The van der Waals surface area contributed by atoms with Crippen molar-refractivity contribution >= 4 is 22.5 Å². The Balaban J connectivity index is 1.92. The number of fused-ring (bicyclic) bond motifs is 1. The normalized spacial score (nSPS) is 13.6. The Morgan fingerprint density at radius 3 is 2.74 bits per heavy atom. The second-order valence-corrected chi connectivity index (χ2v) is 6.73. The standard InChI is InChI=1S/C20H19FN4O2/c1-10-3-8-15(27-2)13(9-10)16-14(21)7-6-12-17(22)19(25-24-18(12)16)20(26)23-11-4-5-11/h3,6-9,11H,4-5H2,1-2H3,(H2,22,24)(H,23,26). The molecule has 1 fully saturated rings. The van der Waals surface area contributed by atoms with E-state index in [0.29, 0.717) is 22.2 Å². The number of methoxy groups -OCH3 is 1. The number of aryl methyl sites for hydroxylation is 1.